The van der Waals surface area contributed by atoms with Gasteiger partial charge in [0.25, 0.3) is 0 Å². The van der Waals surface area contributed by atoms with Crippen molar-refractivity contribution in [3.63, 3.8) is 0 Å². The van der Waals surface area contributed by atoms with Crippen LogP contribution in [0.1, 0.15) is 25.4 Å². The van der Waals surface area contributed by atoms with Gasteiger partial charge in [0.05, 0.1) is 19.7 Å². The molecule has 1 aromatic rings. The minimum Gasteiger partial charge on any atom is -0.463 e. The van der Waals surface area contributed by atoms with Crippen molar-refractivity contribution in [2.24, 2.45) is 5.73 Å². The largest absolute Gasteiger partial charge is 0.463 e. The van der Waals surface area contributed by atoms with Crippen LogP contribution in [0.5, 0.6) is 0 Å². The Morgan fingerprint density at radius 1 is 1.44 bits per heavy atom. The summed E-state index contributed by atoms with van der Waals surface area (Å²) in [6.07, 6.45) is 0. The van der Waals surface area contributed by atoms with E-state index in [0.717, 1.165) is 31.2 Å². The van der Waals surface area contributed by atoms with Crippen LogP contribution in [0.3, 0.4) is 0 Å². The molecule has 4 heteroatoms. The fourth-order valence-electron chi connectivity index (χ4n) is 1.74. The van der Waals surface area contributed by atoms with E-state index in [4.69, 9.17) is 14.9 Å². The van der Waals surface area contributed by atoms with E-state index in [9.17, 15) is 0 Å². The average molecular weight is 226 g/mol. The van der Waals surface area contributed by atoms with Crippen LogP contribution in [0.15, 0.2) is 16.5 Å². The molecule has 0 bridgehead atoms. The smallest absolute Gasteiger partial charge is 0.118 e. The molecule has 0 fully saturated rings. The second-order valence-corrected chi connectivity index (χ2v) is 3.94. The van der Waals surface area contributed by atoms with Crippen molar-refractivity contribution in [2.75, 3.05) is 20.3 Å². The van der Waals surface area contributed by atoms with Crippen molar-refractivity contribution in [2.45, 2.75) is 33.0 Å². The van der Waals surface area contributed by atoms with E-state index in [0.29, 0.717) is 12.6 Å². The number of nitrogens with two attached hydrogens (primary N) is 1. The van der Waals surface area contributed by atoms with Gasteiger partial charge in [0, 0.05) is 13.2 Å². The maximum absolute atomic E-state index is 5.59. The summed E-state index contributed by atoms with van der Waals surface area (Å²) in [5.74, 6) is 1.80. The van der Waals surface area contributed by atoms with Crippen LogP contribution >= 0.6 is 0 Å². The molecule has 4 nitrogen and oxygen atoms in total. The Balaban J connectivity index is 2.55. The maximum atomic E-state index is 5.59. The standard InChI is InChI=1S/C12H22N2O2/c1-4-14(10(2)9-15-3)8-12-6-5-11(7-13)16-12/h5-6,10H,4,7-9,13H2,1-3H3. The van der Waals surface area contributed by atoms with E-state index in [1.807, 2.05) is 12.1 Å². The molecule has 0 amide bonds. The molecular formula is C12H22N2O2. The molecule has 2 N–H and O–H groups in total. The molecule has 0 saturated heterocycles. The van der Waals surface area contributed by atoms with E-state index in [1.165, 1.54) is 0 Å². The molecule has 16 heavy (non-hydrogen) atoms. The number of methoxy groups -OCH3 is 1. The molecule has 0 radical (unpaired) electrons. The second-order valence-electron chi connectivity index (χ2n) is 3.94. The van der Waals surface area contributed by atoms with Crippen LogP contribution in [-0.2, 0) is 17.8 Å². The van der Waals surface area contributed by atoms with Crippen LogP contribution in [0.2, 0.25) is 0 Å². The molecule has 0 spiro atoms. The molecule has 92 valence electrons. The van der Waals surface area contributed by atoms with Gasteiger partial charge in [-0.3, -0.25) is 4.90 Å². The Hall–Kier alpha value is -0.840. The van der Waals surface area contributed by atoms with E-state index in [2.05, 4.69) is 18.7 Å². The number of hydrogen-bond donors (Lipinski definition) is 1. The Labute approximate surface area is 97.4 Å². The van der Waals surface area contributed by atoms with E-state index < -0.39 is 0 Å². The number of nitrogens with zero attached hydrogens (tertiary/aromatic N) is 1. The molecule has 0 aromatic carbocycles. The van der Waals surface area contributed by atoms with Gasteiger partial charge < -0.3 is 14.9 Å². The lowest BCUT2D eigenvalue weighted by Gasteiger charge is -2.26. The zero-order valence-corrected chi connectivity index (χ0v) is 10.4. The molecular weight excluding hydrogens is 204 g/mol. The summed E-state index contributed by atoms with van der Waals surface area (Å²) >= 11 is 0. The van der Waals surface area contributed by atoms with Crippen LogP contribution in [0.25, 0.3) is 0 Å². The predicted molar refractivity (Wildman–Crippen MR) is 64.0 cm³/mol. The molecule has 0 aliphatic rings. The first kappa shape index (κ1) is 13.2. The van der Waals surface area contributed by atoms with E-state index in [-0.39, 0.29) is 0 Å². The minimum atomic E-state index is 0.390. The first-order chi connectivity index (χ1) is 7.71. The summed E-state index contributed by atoms with van der Waals surface area (Å²) in [5, 5.41) is 0. The van der Waals surface area contributed by atoms with Crippen molar-refractivity contribution >= 4 is 0 Å². The number of likely N-dealkylation sites (N-methyl/N-ethyl adjacent to an activating group) is 1. The third-order valence-corrected chi connectivity index (χ3v) is 2.71. The first-order valence-corrected chi connectivity index (χ1v) is 5.71. The van der Waals surface area contributed by atoms with Gasteiger partial charge in [0.2, 0.25) is 0 Å². The maximum Gasteiger partial charge on any atom is 0.118 e. The van der Waals surface area contributed by atoms with Crippen LogP contribution in [0.4, 0.5) is 0 Å². The highest BCUT2D eigenvalue weighted by molar-refractivity contribution is 5.06. The number of hydrogen-bond acceptors (Lipinski definition) is 4. The molecule has 1 heterocycles. The lowest BCUT2D eigenvalue weighted by atomic mass is 10.2. The van der Waals surface area contributed by atoms with Crippen molar-refractivity contribution < 1.29 is 9.15 Å². The third kappa shape index (κ3) is 3.63. The Bertz CT molecular complexity index is 299. The number of rotatable bonds is 7. The van der Waals surface area contributed by atoms with E-state index in [1.54, 1.807) is 7.11 Å². The normalized spacial score (nSPS) is 13.3. The Kier molecular flexibility index (Phi) is 5.52. The number of ether oxygens (including phenoxy) is 1. The van der Waals surface area contributed by atoms with Crippen molar-refractivity contribution in [1.82, 2.24) is 4.90 Å². The first-order valence-electron chi connectivity index (χ1n) is 5.71. The molecule has 0 saturated carbocycles. The van der Waals surface area contributed by atoms with Gasteiger partial charge in [-0.2, -0.15) is 0 Å². The highest BCUT2D eigenvalue weighted by Crippen LogP contribution is 2.12. The van der Waals surface area contributed by atoms with Crippen molar-refractivity contribution in [3.8, 4) is 0 Å². The van der Waals surface area contributed by atoms with Gasteiger partial charge in [0.15, 0.2) is 0 Å². The zero-order chi connectivity index (χ0) is 12.0. The van der Waals surface area contributed by atoms with Gasteiger partial charge in [-0.05, 0) is 25.6 Å². The van der Waals surface area contributed by atoms with Gasteiger partial charge in [-0.1, -0.05) is 6.92 Å². The third-order valence-electron chi connectivity index (χ3n) is 2.71. The minimum absolute atomic E-state index is 0.390. The summed E-state index contributed by atoms with van der Waals surface area (Å²) in [7, 11) is 1.73. The molecule has 1 atom stereocenters. The summed E-state index contributed by atoms with van der Waals surface area (Å²) in [6, 6.07) is 4.32. The van der Waals surface area contributed by atoms with E-state index >= 15 is 0 Å². The summed E-state index contributed by atoms with van der Waals surface area (Å²) in [5.41, 5.74) is 5.51. The lowest BCUT2D eigenvalue weighted by molar-refractivity contribution is 0.0933. The quantitative estimate of drug-likeness (QED) is 0.767. The summed E-state index contributed by atoms with van der Waals surface area (Å²) in [4.78, 5) is 2.31. The topological polar surface area (TPSA) is 51.6 Å². The predicted octanol–water partition coefficient (Wildman–Crippen LogP) is 1.60. The lowest BCUT2D eigenvalue weighted by Crippen LogP contribution is -2.35. The number of furan rings is 1. The molecule has 1 aromatic heterocycles. The van der Waals surface area contributed by atoms with Gasteiger partial charge in [0.1, 0.15) is 11.5 Å². The summed E-state index contributed by atoms with van der Waals surface area (Å²) in [6.45, 7) is 7.26. The van der Waals surface area contributed by atoms with Crippen LogP contribution in [-0.4, -0.2) is 31.2 Å². The Morgan fingerprint density at radius 2 is 2.12 bits per heavy atom. The SMILES string of the molecule is CCN(Cc1ccc(CN)o1)C(C)COC. The van der Waals surface area contributed by atoms with Crippen molar-refractivity contribution in [1.29, 1.82) is 0 Å². The average Bonchev–Trinajstić information content (AvgIpc) is 2.73. The molecule has 0 aliphatic carbocycles. The second kappa shape index (κ2) is 6.68. The fourth-order valence-corrected chi connectivity index (χ4v) is 1.74. The zero-order valence-electron chi connectivity index (χ0n) is 10.4. The van der Waals surface area contributed by atoms with Crippen LogP contribution < -0.4 is 5.73 Å². The van der Waals surface area contributed by atoms with Gasteiger partial charge >= 0.3 is 0 Å². The molecule has 0 aliphatic heterocycles. The highest BCUT2D eigenvalue weighted by atomic mass is 16.5. The molecule has 1 unspecified atom stereocenters. The fraction of sp³-hybridized carbons (Fsp3) is 0.667. The monoisotopic (exact) mass is 226 g/mol. The Morgan fingerprint density at radius 3 is 2.62 bits per heavy atom. The van der Waals surface area contributed by atoms with Gasteiger partial charge in [-0.15, -0.1) is 0 Å². The summed E-state index contributed by atoms with van der Waals surface area (Å²) < 4.78 is 10.7. The van der Waals surface area contributed by atoms with Crippen LogP contribution in [0, 0.1) is 0 Å². The highest BCUT2D eigenvalue weighted by Gasteiger charge is 2.13. The van der Waals surface area contributed by atoms with Gasteiger partial charge in [-0.25, -0.2) is 0 Å². The molecule has 1 rings (SSSR count). The van der Waals surface area contributed by atoms with Crippen molar-refractivity contribution in [3.05, 3.63) is 23.7 Å².